The number of ether oxygens (including phenoxy) is 1. The molecule has 1 heterocycles. The predicted molar refractivity (Wildman–Crippen MR) is 89.8 cm³/mol. The number of aliphatic hydroxyl groups excluding tert-OH is 1. The molecule has 24 heavy (non-hydrogen) atoms. The summed E-state index contributed by atoms with van der Waals surface area (Å²) in [5.41, 5.74) is 1.54. The number of anilines is 1. The van der Waals surface area contributed by atoms with Gasteiger partial charge in [-0.05, 0) is 38.2 Å². The van der Waals surface area contributed by atoms with Crippen LogP contribution in [-0.2, 0) is 11.3 Å². The van der Waals surface area contributed by atoms with Crippen LogP contribution < -0.4 is 10.1 Å². The van der Waals surface area contributed by atoms with Crippen LogP contribution in [0.5, 0.6) is 5.75 Å². The molecule has 0 unspecified atom stereocenters. The fourth-order valence-electron chi connectivity index (χ4n) is 2.28. The van der Waals surface area contributed by atoms with Gasteiger partial charge in [0, 0.05) is 31.8 Å². The molecule has 0 saturated heterocycles. The highest BCUT2D eigenvalue weighted by Gasteiger charge is 2.11. The second kappa shape index (κ2) is 8.47. The lowest BCUT2D eigenvalue weighted by molar-refractivity contribution is -0.114. The summed E-state index contributed by atoms with van der Waals surface area (Å²) < 4.78 is 10.6. The van der Waals surface area contributed by atoms with E-state index in [0.717, 1.165) is 11.5 Å². The summed E-state index contributed by atoms with van der Waals surface area (Å²) in [6.07, 6.45) is -0.627. The van der Waals surface area contributed by atoms with Crippen molar-refractivity contribution in [3.63, 3.8) is 0 Å². The third-order valence-corrected chi connectivity index (χ3v) is 3.25. The minimum absolute atomic E-state index is 0.121. The maximum absolute atomic E-state index is 11.0. The normalized spacial score (nSPS) is 12.2. The second-order valence-electron chi connectivity index (χ2n) is 5.80. The van der Waals surface area contributed by atoms with Crippen LogP contribution in [0.25, 0.3) is 0 Å². The third-order valence-electron chi connectivity index (χ3n) is 3.25. The van der Waals surface area contributed by atoms with Gasteiger partial charge in [0.25, 0.3) is 0 Å². The number of nitrogens with zero attached hydrogens (tertiary/aromatic N) is 2. The molecule has 7 nitrogen and oxygen atoms in total. The fourth-order valence-corrected chi connectivity index (χ4v) is 2.28. The first-order valence-corrected chi connectivity index (χ1v) is 7.71. The van der Waals surface area contributed by atoms with Crippen molar-refractivity contribution < 1.29 is 19.2 Å². The molecular formula is C17H23N3O4. The summed E-state index contributed by atoms with van der Waals surface area (Å²) >= 11 is 0. The van der Waals surface area contributed by atoms with Crippen LogP contribution >= 0.6 is 0 Å². The van der Waals surface area contributed by atoms with Crippen molar-refractivity contribution in [1.82, 2.24) is 10.1 Å². The summed E-state index contributed by atoms with van der Waals surface area (Å²) in [7, 11) is 1.90. The summed E-state index contributed by atoms with van der Waals surface area (Å²) in [6, 6.07) is 8.88. The maximum atomic E-state index is 11.0. The van der Waals surface area contributed by atoms with Crippen LogP contribution in [0.4, 0.5) is 5.69 Å². The highest BCUT2D eigenvalue weighted by molar-refractivity contribution is 5.88. The predicted octanol–water partition coefficient (Wildman–Crippen LogP) is 1.81. The minimum atomic E-state index is -0.627. The summed E-state index contributed by atoms with van der Waals surface area (Å²) in [5, 5.41) is 16.7. The lowest BCUT2D eigenvalue weighted by Crippen LogP contribution is -2.32. The molecule has 1 aromatic heterocycles. The van der Waals surface area contributed by atoms with Crippen molar-refractivity contribution in [1.29, 1.82) is 0 Å². The van der Waals surface area contributed by atoms with Gasteiger partial charge in [-0.15, -0.1) is 0 Å². The van der Waals surface area contributed by atoms with Gasteiger partial charge in [0.2, 0.25) is 5.91 Å². The van der Waals surface area contributed by atoms with E-state index in [9.17, 15) is 9.90 Å². The van der Waals surface area contributed by atoms with Gasteiger partial charge in [-0.1, -0.05) is 5.16 Å². The molecule has 0 saturated carbocycles. The summed E-state index contributed by atoms with van der Waals surface area (Å²) in [6.45, 7) is 4.53. The average Bonchev–Trinajstić information content (AvgIpc) is 2.91. The number of carbonyl (C=O) groups is 1. The molecule has 0 radical (unpaired) electrons. The van der Waals surface area contributed by atoms with E-state index in [4.69, 9.17) is 9.26 Å². The number of hydrogen-bond acceptors (Lipinski definition) is 6. The number of amides is 1. The Kier molecular flexibility index (Phi) is 6.34. The number of rotatable bonds is 8. The number of benzene rings is 1. The zero-order valence-corrected chi connectivity index (χ0v) is 14.2. The van der Waals surface area contributed by atoms with Crippen LogP contribution in [0.2, 0.25) is 0 Å². The van der Waals surface area contributed by atoms with Crippen molar-refractivity contribution in [3.8, 4) is 5.75 Å². The second-order valence-corrected chi connectivity index (χ2v) is 5.80. The molecule has 1 atom stereocenters. The number of nitrogens with one attached hydrogen (secondary N) is 1. The van der Waals surface area contributed by atoms with E-state index in [1.165, 1.54) is 6.92 Å². The fraction of sp³-hybridized carbons (Fsp3) is 0.412. The van der Waals surface area contributed by atoms with Crippen LogP contribution in [0.3, 0.4) is 0 Å². The Hall–Kier alpha value is -2.38. The topological polar surface area (TPSA) is 87.8 Å². The van der Waals surface area contributed by atoms with Crippen molar-refractivity contribution in [3.05, 3.63) is 41.8 Å². The van der Waals surface area contributed by atoms with E-state index in [2.05, 4.69) is 10.5 Å². The van der Waals surface area contributed by atoms with Crippen LogP contribution in [-0.4, -0.2) is 47.4 Å². The highest BCUT2D eigenvalue weighted by atomic mass is 16.5. The zero-order valence-electron chi connectivity index (χ0n) is 14.2. The average molecular weight is 333 g/mol. The number of hydrogen-bond donors (Lipinski definition) is 2. The third kappa shape index (κ3) is 6.02. The zero-order chi connectivity index (χ0) is 17.5. The van der Waals surface area contributed by atoms with Gasteiger partial charge in [-0.3, -0.25) is 9.69 Å². The molecule has 0 aliphatic heterocycles. The van der Waals surface area contributed by atoms with E-state index in [0.29, 0.717) is 24.5 Å². The van der Waals surface area contributed by atoms with Gasteiger partial charge in [0.05, 0.1) is 5.69 Å². The Bertz CT molecular complexity index is 654. The molecule has 0 bridgehead atoms. The van der Waals surface area contributed by atoms with Gasteiger partial charge in [0.1, 0.15) is 24.2 Å². The monoisotopic (exact) mass is 333 g/mol. The number of carbonyl (C=O) groups excluding carboxylic acids is 1. The first-order valence-electron chi connectivity index (χ1n) is 7.71. The molecule has 1 amide bonds. The number of aryl methyl sites for hydroxylation is 1. The Morgan fingerprint density at radius 3 is 2.71 bits per heavy atom. The van der Waals surface area contributed by atoms with Gasteiger partial charge < -0.3 is 19.7 Å². The van der Waals surface area contributed by atoms with Crippen LogP contribution in [0.15, 0.2) is 34.9 Å². The van der Waals surface area contributed by atoms with Crippen molar-refractivity contribution >= 4 is 11.6 Å². The lowest BCUT2D eigenvalue weighted by atomic mass is 10.3. The molecule has 0 spiro atoms. The van der Waals surface area contributed by atoms with Crippen molar-refractivity contribution in [2.45, 2.75) is 26.5 Å². The van der Waals surface area contributed by atoms with E-state index in [-0.39, 0.29) is 12.5 Å². The largest absolute Gasteiger partial charge is 0.491 e. The maximum Gasteiger partial charge on any atom is 0.221 e. The van der Waals surface area contributed by atoms with E-state index in [1.54, 1.807) is 24.3 Å². The van der Waals surface area contributed by atoms with Crippen LogP contribution in [0, 0.1) is 6.92 Å². The Labute approximate surface area is 141 Å². The molecule has 7 heteroatoms. The molecule has 2 rings (SSSR count). The number of aliphatic hydroxyl groups is 1. The molecule has 2 aromatic rings. The standard InChI is InChI=1S/C17H23N3O4/c1-12-8-15(19-24-12)9-20(3)10-16(22)11-23-17-6-4-14(5-7-17)18-13(2)21/h4-8,16,22H,9-11H2,1-3H3,(H,18,21)/t16-/m0/s1. The summed E-state index contributed by atoms with van der Waals surface area (Å²) in [4.78, 5) is 12.9. The van der Waals surface area contributed by atoms with Gasteiger partial charge >= 0.3 is 0 Å². The van der Waals surface area contributed by atoms with Gasteiger partial charge in [-0.25, -0.2) is 0 Å². The number of likely N-dealkylation sites (N-methyl/N-ethyl adjacent to an activating group) is 1. The minimum Gasteiger partial charge on any atom is -0.491 e. The first kappa shape index (κ1) is 18.0. The van der Waals surface area contributed by atoms with E-state index >= 15 is 0 Å². The van der Waals surface area contributed by atoms with E-state index < -0.39 is 6.10 Å². The molecule has 0 aliphatic rings. The Morgan fingerprint density at radius 2 is 2.12 bits per heavy atom. The molecule has 2 N–H and O–H groups in total. The molecule has 130 valence electrons. The molecule has 0 aliphatic carbocycles. The molecule has 1 aromatic carbocycles. The smallest absolute Gasteiger partial charge is 0.221 e. The van der Waals surface area contributed by atoms with Crippen molar-refractivity contribution in [2.24, 2.45) is 0 Å². The van der Waals surface area contributed by atoms with Gasteiger partial charge in [0.15, 0.2) is 0 Å². The Morgan fingerprint density at radius 1 is 1.42 bits per heavy atom. The van der Waals surface area contributed by atoms with Gasteiger partial charge in [-0.2, -0.15) is 0 Å². The first-order chi connectivity index (χ1) is 11.4. The Balaban J connectivity index is 1.73. The number of aromatic nitrogens is 1. The molecule has 0 fully saturated rings. The lowest BCUT2D eigenvalue weighted by Gasteiger charge is -2.19. The molecular weight excluding hydrogens is 310 g/mol. The summed E-state index contributed by atoms with van der Waals surface area (Å²) in [5.74, 6) is 1.28. The van der Waals surface area contributed by atoms with E-state index in [1.807, 2.05) is 24.9 Å². The highest BCUT2D eigenvalue weighted by Crippen LogP contribution is 2.16. The SMILES string of the molecule is CC(=O)Nc1ccc(OC[C@@H](O)CN(C)Cc2cc(C)on2)cc1. The van der Waals surface area contributed by atoms with Crippen LogP contribution in [0.1, 0.15) is 18.4 Å². The quantitative estimate of drug-likeness (QED) is 0.766. The van der Waals surface area contributed by atoms with Crippen molar-refractivity contribution in [2.75, 3.05) is 25.5 Å².